The summed E-state index contributed by atoms with van der Waals surface area (Å²) in [6, 6.07) is 23.0. The van der Waals surface area contributed by atoms with Gasteiger partial charge in [0.25, 0.3) is 11.6 Å². The van der Waals surface area contributed by atoms with Gasteiger partial charge in [-0.25, -0.2) is 4.98 Å². The van der Waals surface area contributed by atoms with Gasteiger partial charge in [-0.15, -0.1) is 0 Å². The predicted octanol–water partition coefficient (Wildman–Crippen LogP) is 4.45. The fraction of sp³-hybridized carbons (Fsp3) is 0.120. The Morgan fingerprint density at radius 1 is 1.03 bits per heavy atom. The van der Waals surface area contributed by atoms with Gasteiger partial charge in [0.15, 0.2) is 0 Å². The van der Waals surface area contributed by atoms with Crippen molar-refractivity contribution in [3.8, 4) is 17.0 Å². The summed E-state index contributed by atoms with van der Waals surface area (Å²) >= 11 is 0. The van der Waals surface area contributed by atoms with E-state index in [-0.39, 0.29) is 24.7 Å². The Morgan fingerprint density at radius 3 is 2.42 bits per heavy atom. The van der Waals surface area contributed by atoms with Crippen LogP contribution < -0.4 is 10.1 Å². The summed E-state index contributed by atoms with van der Waals surface area (Å²) in [4.78, 5) is 28.3. The number of amides is 1. The van der Waals surface area contributed by atoms with Gasteiger partial charge in [0, 0.05) is 29.0 Å². The number of methoxy groups -OCH3 is 1. The van der Waals surface area contributed by atoms with Gasteiger partial charge in [0.2, 0.25) is 0 Å². The van der Waals surface area contributed by atoms with Crippen LogP contribution in [0.5, 0.6) is 5.75 Å². The van der Waals surface area contributed by atoms with E-state index in [2.05, 4.69) is 5.32 Å². The second-order valence-electron chi connectivity index (χ2n) is 7.33. The topological polar surface area (TPSA) is 99.3 Å². The third-order valence-electron chi connectivity index (χ3n) is 5.22. The van der Waals surface area contributed by atoms with Crippen LogP contribution in [-0.2, 0) is 13.1 Å². The number of carbonyl (C=O) groups excluding carboxylic acids is 1. The summed E-state index contributed by atoms with van der Waals surface area (Å²) < 4.78 is 7.05. The first-order valence-electron chi connectivity index (χ1n) is 10.3. The van der Waals surface area contributed by atoms with Crippen LogP contribution in [0.2, 0.25) is 0 Å². The molecule has 8 nitrogen and oxygen atoms in total. The number of nitro groups is 1. The summed E-state index contributed by atoms with van der Waals surface area (Å²) in [5.41, 5.74) is 2.70. The minimum atomic E-state index is -0.395. The number of ether oxygens (including phenoxy) is 1. The van der Waals surface area contributed by atoms with Gasteiger partial charge in [-0.05, 0) is 36.4 Å². The minimum Gasteiger partial charge on any atom is -0.497 e. The molecule has 0 saturated heterocycles. The van der Waals surface area contributed by atoms with E-state index < -0.39 is 4.92 Å². The third-order valence-corrected chi connectivity index (χ3v) is 5.22. The molecule has 0 bridgehead atoms. The smallest absolute Gasteiger partial charge is 0.274 e. The van der Waals surface area contributed by atoms with Crippen molar-refractivity contribution in [2.24, 2.45) is 0 Å². The fourth-order valence-corrected chi connectivity index (χ4v) is 3.49. The lowest BCUT2D eigenvalue weighted by Gasteiger charge is -2.09. The Balaban J connectivity index is 1.65. The standard InChI is InChI=1S/C25H22N4O4/c1-33-21-13-11-18(12-14-21)22-17-28(16-20-9-5-6-10-23(20)29(31)32)24(27-22)15-26-25(30)19-7-3-2-4-8-19/h2-14,17H,15-16H2,1H3,(H,26,30). The van der Waals surface area contributed by atoms with Crippen LogP contribution in [0.25, 0.3) is 11.3 Å². The van der Waals surface area contributed by atoms with E-state index in [0.29, 0.717) is 22.6 Å². The molecule has 33 heavy (non-hydrogen) atoms. The normalized spacial score (nSPS) is 10.6. The van der Waals surface area contributed by atoms with Crippen LogP contribution in [0.4, 0.5) is 5.69 Å². The second-order valence-corrected chi connectivity index (χ2v) is 7.33. The van der Waals surface area contributed by atoms with Crippen molar-refractivity contribution in [2.45, 2.75) is 13.1 Å². The molecule has 0 unspecified atom stereocenters. The maximum Gasteiger partial charge on any atom is 0.274 e. The number of aromatic nitrogens is 2. The van der Waals surface area contributed by atoms with Gasteiger partial charge in [-0.2, -0.15) is 0 Å². The van der Waals surface area contributed by atoms with E-state index in [1.54, 1.807) is 49.6 Å². The molecule has 166 valence electrons. The van der Waals surface area contributed by atoms with Gasteiger partial charge >= 0.3 is 0 Å². The van der Waals surface area contributed by atoms with E-state index in [1.165, 1.54) is 6.07 Å². The maximum absolute atomic E-state index is 12.5. The molecule has 0 saturated carbocycles. The van der Waals surface area contributed by atoms with Crippen molar-refractivity contribution in [3.05, 3.63) is 112 Å². The lowest BCUT2D eigenvalue weighted by molar-refractivity contribution is -0.385. The Labute approximate surface area is 190 Å². The zero-order chi connectivity index (χ0) is 23.2. The second kappa shape index (κ2) is 9.78. The average molecular weight is 442 g/mol. The highest BCUT2D eigenvalue weighted by atomic mass is 16.6. The van der Waals surface area contributed by atoms with Gasteiger partial charge in [-0.1, -0.05) is 36.4 Å². The van der Waals surface area contributed by atoms with Crippen LogP contribution >= 0.6 is 0 Å². The highest BCUT2D eigenvalue weighted by Gasteiger charge is 2.17. The van der Waals surface area contributed by atoms with E-state index in [1.807, 2.05) is 41.1 Å². The zero-order valence-electron chi connectivity index (χ0n) is 18.0. The predicted molar refractivity (Wildman–Crippen MR) is 124 cm³/mol. The minimum absolute atomic E-state index is 0.0384. The van der Waals surface area contributed by atoms with Crippen LogP contribution in [-0.4, -0.2) is 27.5 Å². The molecular formula is C25H22N4O4. The van der Waals surface area contributed by atoms with Crippen LogP contribution in [0.15, 0.2) is 85.1 Å². The van der Waals surface area contributed by atoms with Gasteiger partial charge in [-0.3, -0.25) is 14.9 Å². The number of para-hydroxylation sites is 1. The Bertz CT molecular complexity index is 1270. The quantitative estimate of drug-likeness (QED) is 0.321. The van der Waals surface area contributed by atoms with Crippen LogP contribution in [0, 0.1) is 10.1 Å². The van der Waals surface area contributed by atoms with Gasteiger partial charge in [0.05, 0.1) is 30.8 Å². The lowest BCUT2D eigenvalue weighted by atomic mass is 10.1. The third kappa shape index (κ3) is 5.07. The number of rotatable bonds is 8. The first kappa shape index (κ1) is 21.8. The summed E-state index contributed by atoms with van der Waals surface area (Å²) in [6.07, 6.45) is 1.84. The summed E-state index contributed by atoms with van der Waals surface area (Å²) in [7, 11) is 1.60. The monoisotopic (exact) mass is 442 g/mol. The number of imidazole rings is 1. The zero-order valence-corrected chi connectivity index (χ0v) is 18.0. The van der Waals surface area contributed by atoms with Crippen molar-refractivity contribution in [3.63, 3.8) is 0 Å². The van der Waals surface area contributed by atoms with Crippen molar-refractivity contribution < 1.29 is 14.5 Å². The first-order valence-corrected chi connectivity index (χ1v) is 10.3. The molecule has 1 N–H and O–H groups in total. The summed E-state index contributed by atoms with van der Waals surface area (Å²) in [5, 5.41) is 14.4. The molecule has 0 atom stereocenters. The van der Waals surface area contributed by atoms with Crippen molar-refractivity contribution in [1.82, 2.24) is 14.9 Å². The molecule has 0 fully saturated rings. The highest BCUT2D eigenvalue weighted by molar-refractivity contribution is 5.94. The van der Waals surface area contributed by atoms with Gasteiger partial charge in [0.1, 0.15) is 11.6 Å². The Morgan fingerprint density at radius 2 is 1.73 bits per heavy atom. The number of benzene rings is 3. The fourth-order valence-electron chi connectivity index (χ4n) is 3.49. The molecule has 3 aromatic carbocycles. The molecule has 0 aliphatic carbocycles. The number of nitrogens with zero attached hydrogens (tertiary/aromatic N) is 3. The van der Waals surface area contributed by atoms with E-state index >= 15 is 0 Å². The molecule has 1 aromatic heterocycles. The summed E-state index contributed by atoms with van der Waals surface area (Å²) in [5.74, 6) is 1.10. The molecule has 1 heterocycles. The Hall–Kier alpha value is -4.46. The molecule has 4 aromatic rings. The van der Waals surface area contributed by atoms with Crippen LogP contribution in [0.3, 0.4) is 0 Å². The van der Waals surface area contributed by atoms with E-state index in [0.717, 1.165) is 11.3 Å². The maximum atomic E-state index is 12.5. The molecular weight excluding hydrogens is 420 g/mol. The molecule has 0 aliphatic heterocycles. The molecule has 8 heteroatoms. The van der Waals surface area contributed by atoms with Crippen molar-refractivity contribution in [2.75, 3.05) is 7.11 Å². The van der Waals surface area contributed by atoms with E-state index in [9.17, 15) is 14.9 Å². The molecule has 0 radical (unpaired) electrons. The van der Waals surface area contributed by atoms with E-state index in [4.69, 9.17) is 9.72 Å². The SMILES string of the molecule is COc1ccc(-c2cn(Cc3ccccc3[N+](=O)[O-])c(CNC(=O)c3ccccc3)n2)cc1. The molecule has 0 aliphatic rings. The number of hydrogen-bond acceptors (Lipinski definition) is 5. The van der Waals surface area contributed by atoms with Crippen molar-refractivity contribution in [1.29, 1.82) is 0 Å². The highest BCUT2D eigenvalue weighted by Crippen LogP contribution is 2.24. The number of nitro benzene ring substituents is 1. The van der Waals surface area contributed by atoms with Crippen LogP contribution in [0.1, 0.15) is 21.7 Å². The summed E-state index contributed by atoms with van der Waals surface area (Å²) in [6.45, 7) is 0.418. The van der Waals surface area contributed by atoms with Gasteiger partial charge < -0.3 is 14.6 Å². The Kier molecular flexibility index (Phi) is 6.45. The largest absolute Gasteiger partial charge is 0.497 e. The molecule has 0 spiro atoms. The number of hydrogen-bond donors (Lipinski definition) is 1. The van der Waals surface area contributed by atoms with Crippen molar-refractivity contribution >= 4 is 11.6 Å². The lowest BCUT2D eigenvalue weighted by Crippen LogP contribution is -2.24. The average Bonchev–Trinajstić information content (AvgIpc) is 3.25. The molecule has 4 rings (SSSR count). The first-order chi connectivity index (χ1) is 16.0. The number of nitrogens with one attached hydrogen (secondary N) is 1. The number of carbonyl (C=O) groups is 1. The molecule has 1 amide bonds.